The summed E-state index contributed by atoms with van der Waals surface area (Å²) in [6.45, 7) is 6.25. The molecule has 0 aliphatic heterocycles. The van der Waals surface area contributed by atoms with Gasteiger partial charge in [-0.2, -0.15) is 0 Å². The average molecular weight is 342 g/mol. The van der Waals surface area contributed by atoms with Gasteiger partial charge >= 0.3 is 0 Å². The number of nitrogens with zero attached hydrogens (tertiary/aromatic N) is 4. The van der Waals surface area contributed by atoms with E-state index in [1.54, 1.807) is 19.1 Å². The molecule has 1 heterocycles. The Balaban J connectivity index is 1.92. The summed E-state index contributed by atoms with van der Waals surface area (Å²) in [4.78, 5) is 24.1. The number of methoxy groups -OCH3 is 1. The summed E-state index contributed by atoms with van der Waals surface area (Å²) in [5.41, 5.74) is 2.85. The van der Waals surface area contributed by atoms with Gasteiger partial charge in [-0.1, -0.05) is 31.2 Å². The fourth-order valence-corrected chi connectivity index (χ4v) is 2.55. The van der Waals surface area contributed by atoms with E-state index in [-0.39, 0.29) is 5.91 Å². The second-order valence-electron chi connectivity index (χ2n) is 5.97. The molecule has 0 atom stereocenters. The maximum atomic E-state index is 12.3. The Morgan fingerprint density at radius 3 is 2.24 bits per heavy atom. The Kier molecular flexibility index (Phi) is 7.50. The molecule has 0 saturated carbocycles. The molecule has 0 aliphatic carbocycles. The summed E-state index contributed by atoms with van der Waals surface area (Å²) < 4.78 is 5.15. The van der Waals surface area contributed by atoms with Crippen LogP contribution in [0.25, 0.3) is 0 Å². The highest BCUT2D eigenvalue weighted by Crippen LogP contribution is 2.11. The van der Waals surface area contributed by atoms with Crippen molar-refractivity contribution in [3.63, 3.8) is 0 Å². The van der Waals surface area contributed by atoms with Crippen LogP contribution in [-0.4, -0.2) is 59.5 Å². The molecular weight excluding hydrogens is 316 g/mol. The molecule has 0 aliphatic rings. The van der Waals surface area contributed by atoms with Gasteiger partial charge in [0.1, 0.15) is 6.33 Å². The third kappa shape index (κ3) is 5.92. The number of amides is 1. The van der Waals surface area contributed by atoms with Crippen LogP contribution in [0, 0.1) is 0 Å². The van der Waals surface area contributed by atoms with Gasteiger partial charge in [0.05, 0.1) is 12.2 Å². The topological polar surface area (TPSA) is 58.6 Å². The lowest BCUT2D eigenvalue weighted by molar-refractivity contribution is 0.0784. The molecule has 0 fully saturated rings. The molecule has 1 aromatic carbocycles. The summed E-state index contributed by atoms with van der Waals surface area (Å²) in [6, 6.07) is 8.39. The van der Waals surface area contributed by atoms with Gasteiger partial charge in [-0.05, 0) is 17.7 Å². The molecule has 6 heteroatoms. The number of carbonyl (C=O) groups excluding carboxylic acids is 1. The predicted octanol–water partition coefficient (Wildman–Crippen LogP) is 2.22. The number of carbonyl (C=O) groups is 1. The van der Waals surface area contributed by atoms with Gasteiger partial charge in [-0.3, -0.25) is 9.69 Å². The number of hydrogen-bond acceptors (Lipinski definition) is 5. The molecule has 25 heavy (non-hydrogen) atoms. The zero-order valence-corrected chi connectivity index (χ0v) is 15.2. The monoisotopic (exact) mass is 342 g/mol. The first kappa shape index (κ1) is 19.0. The number of ether oxygens (including phenoxy) is 1. The zero-order chi connectivity index (χ0) is 18.1. The lowest BCUT2D eigenvalue weighted by Crippen LogP contribution is -2.27. The lowest BCUT2D eigenvalue weighted by Gasteiger charge is -2.20. The third-order valence-corrected chi connectivity index (χ3v) is 4.06. The van der Waals surface area contributed by atoms with Crippen LogP contribution >= 0.6 is 0 Å². The largest absolute Gasteiger partial charge is 0.383 e. The number of rotatable bonds is 9. The van der Waals surface area contributed by atoms with Crippen molar-refractivity contribution in [2.75, 3.05) is 33.9 Å². The fraction of sp³-hybridized carbons (Fsp3) is 0.421. The highest BCUT2D eigenvalue weighted by atomic mass is 16.5. The summed E-state index contributed by atoms with van der Waals surface area (Å²) in [5.74, 6) is -0.0820. The van der Waals surface area contributed by atoms with E-state index in [2.05, 4.69) is 46.1 Å². The molecule has 0 bridgehead atoms. The van der Waals surface area contributed by atoms with Gasteiger partial charge in [-0.15, -0.1) is 0 Å². The summed E-state index contributed by atoms with van der Waals surface area (Å²) in [6.07, 6.45) is 4.49. The molecule has 134 valence electrons. The normalized spacial score (nSPS) is 10.9. The van der Waals surface area contributed by atoms with Crippen molar-refractivity contribution < 1.29 is 9.53 Å². The summed E-state index contributed by atoms with van der Waals surface area (Å²) >= 11 is 0. The maximum Gasteiger partial charge on any atom is 0.257 e. The molecule has 0 unspecified atom stereocenters. The highest BCUT2D eigenvalue weighted by molar-refractivity contribution is 5.93. The minimum absolute atomic E-state index is 0.0820. The first-order valence-corrected chi connectivity index (χ1v) is 8.43. The van der Waals surface area contributed by atoms with Crippen LogP contribution in [0.15, 0.2) is 43.0 Å². The molecular formula is C19H26N4O2. The van der Waals surface area contributed by atoms with Gasteiger partial charge in [0.15, 0.2) is 0 Å². The Bertz CT molecular complexity index is 646. The smallest absolute Gasteiger partial charge is 0.257 e. The Morgan fingerprint density at radius 2 is 1.68 bits per heavy atom. The average Bonchev–Trinajstić information content (AvgIpc) is 2.66. The molecule has 2 rings (SSSR count). The Morgan fingerprint density at radius 1 is 1.08 bits per heavy atom. The zero-order valence-electron chi connectivity index (χ0n) is 15.2. The van der Waals surface area contributed by atoms with E-state index in [9.17, 15) is 4.79 Å². The van der Waals surface area contributed by atoms with Crippen LogP contribution in [0.3, 0.4) is 0 Å². The van der Waals surface area contributed by atoms with Crippen LogP contribution in [0.5, 0.6) is 0 Å². The first-order chi connectivity index (χ1) is 12.1. The van der Waals surface area contributed by atoms with Crippen LogP contribution in [0.1, 0.15) is 28.4 Å². The molecule has 0 radical (unpaired) electrons. The molecule has 0 saturated heterocycles. The van der Waals surface area contributed by atoms with Gasteiger partial charge in [0.25, 0.3) is 5.91 Å². The number of hydrogen-bond donors (Lipinski definition) is 0. The van der Waals surface area contributed by atoms with Gasteiger partial charge in [0, 0.05) is 46.2 Å². The van der Waals surface area contributed by atoms with Crippen molar-refractivity contribution in [3.8, 4) is 0 Å². The molecule has 0 N–H and O–H groups in total. The van der Waals surface area contributed by atoms with Crippen molar-refractivity contribution in [3.05, 3.63) is 59.7 Å². The van der Waals surface area contributed by atoms with Crippen molar-refractivity contribution >= 4 is 5.91 Å². The van der Waals surface area contributed by atoms with E-state index in [0.717, 1.165) is 31.8 Å². The molecule has 1 amide bonds. The van der Waals surface area contributed by atoms with Crippen molar-refractivity contribution in [2.24, 2.45) is 0 Å². The van der Waals surface area contributed by atoms with E-state index in [4.69, 9.17) is 4.74 Å². The molecule has 6 nitrogen and oxygen atoms in total. The molecule has 0 spiro atoms. The van der Waals surface area contributed by atoms with Crippen LogP contribution in [-0.2, 0) is 17.8 Å². The minimum atomic E-state index is -0.0820. The van der Waals surface area contributed by atoms with Gasteiger partial charge < -0.3 is 9.64 Å². The Labute approximate surface area is 149 Å². The highest BCUT2D eigenvalue weighted by Gasteiger charge is 2.12. The van der Waals surface area contributed by atoms with Crippen LogP contribution in [0.2, 0.25) is 0 Å². The number of likely N-dealkylation sites (N-methyl/N-ethyl adjacent to an activating group) is 1. The summed E-state index contributed by atoms with van der Waals surface area (Å²) in [5, 5.41) is 0. The fourth-order valence-electron chi connectivity index (χ4n) is 2.55. The Hall–Kier alpha value is -2.31. The first-order valence-electron chi connectivity index (χ1n) is 8.43. The second kappa shape index (κ2) is 9.86. The van der Waals surface area contributed by atoms with Crippen molar-refractivity contribution in [1.29, 1.82) is 0 Å². The predicted molar refractivity (Wildman–Crippen MR) is 97.1 cm³/mol. The standard InChI is InChI=1S/C19H26N4O2/c1-4-23(9-10-25-3)14-17-7-5-16(6-8-17)13-22(2)19(24)18-11-20-15-21-12-18/h5-8,11-12,15H,4,9-10,13-14H2,1-3H3. The maximum absolute atomic E-state index is 12.3. The van der Waals surface area contributed by atoms with E-state index < -0.39 is 0 Å². The van der Waals surface area contributed by atoms with Gasteiger partial charge in [0.2, 0.25) is 0 Å². The lowest BCUT2D eigenvalue weighted by atomic mass is 10.1. The van der Waals surface area contributed by atoms with E-state index in [1.165, 1.54) is 24.3 Å². The number of aromatic nitrogens is 2. The third-order valence-electron chi connectivity index (χ3n) is 4.06. The van der Waals surface area contributed by atoms with Crippen molar-refractivity contribution in [2.45, 2.75) is 20.0 Å². The molecule has 1 aromatic heterocycles. The van der Waals surface area contributed by atoms with E-state index in [1.807, 2.05) is 0 Å². The SMILES string of the molecule is CCN(CCOC)Cc1ccc(CN(C)C(=O)c2cncnc2)cc1. The van der Waals surface area contributed by atoms with Crippen LogP contribution in [0.4, 0.5) is 0 Å². The minimum Gasteiger partial charge on any atom is -0.383 e. The number of benzene rings is 1. The molecule has 2 aromatic rings. The van der Waals surface area contributed by atoms with Crippen LogP contribution < -0.4 is 0 Å². The van der Waals surface area contributed by atoms with E-state index >= 15 is 0 Å². The summed E-state index contributed by atoms with van der Waals surface area (Å²) in [7, 11) is 3.51. The second-order valence-corrected chi connectivity index (χ2v) is 5.97. The van der Waals surface area contributed by atoms with E-state index in [0.29, 0.717) is 12.1 Å². The van der Waals surface area contributed by atoms with Gasteiger partial charge in [-0.25, -0.2) is 9.97 Å². The quantitative estimate of drug-likeness (QED) is 0.699. The van der Waals surface area contributed by atoms with Crippen molar-refractivity contribution in [1.82, 2.24) is 19.8 Å².